The maximum absolute atomic E-state index is 13.8. The number of fused-ring (bicyclic) bond motifs is 1. The lowest BCUT2D eigenvalue weighted by Gasteiger charge is -2.17. The zero-order valence-electron chi connectivity index (χ0n) is 24.6. The van der Waals surface area contributed by atoms with Crippen molar-refractivity contribution < 1.29 is 18.7 Å². The average molecular weight is 613 g/mol. The first-order valence-electron chi connectivity index (χ1n) is 13.9. The average Bonchev–Trinajstić information content (AvgIpc) is 2.99. The van der Waals surface area contributed by atoms with Crippen LogP contribution in [0.3, 0.4) is 0 Å². The second-order valence-corrected chi connectivity index (χ2v) is 10.8. The van der Waals surface area contributed by atoms with E-state index in [1.165, 1.54) is 29.1 Å². The number of benzene rings is 4. The number of amides is 1. The van der Waals surface area contributed by atoms with Crippen molar-refractivity contribution in [2.75, 3.05) is 19.0 Å². The van der Waals surface area contributed by atoms with Crippen LogP contribution in [0.4, 0.5) is 10.1 Å². The number of hydrogen-bond donors (Lipinski definition) is 1. The van der Waals surface area contributed by atoms with Crippen LogP contribution in [0.25, 0.3) is 22.3 Å². The number of para-hydroxylation sites is 1. The van der Waals surface area contributed by atoms with Crippen molar-refractivity contribution in [3.8, 4) is 22.9 Å². The Morgan fingerprint density at radius 2 is 1.86 bits per heavy atom. The molecule has 0 saturated carbocycles. The number of hydrogen-bond acceptors (Lipinski definition) is 6. The molecule has 5 rings (SSSR count). The van der Waals surface area contributed by atoms with Gasteiger partial charge in [-0.25, -0.2) is 9.37 Å². The summed E-state index contributed by atoms with van der Waals surface area (Å²) in [5.41, 5.74) is 3.46. The van der Waals surface area contributed by atoms with Gasteiger partial charge in [-0.3, -0.25) is 9.59 Å². The molecule has 44 heavy (non-hydrogen) atoms. The summed E-state index contributed by atoms with van der Waals surface area (Å²) in [6.45, 7) is 5.70. The molecule has 8 nitrogen and oxygen atoms in total. The minimum Gasteiger partial charge on any atom is -0.496 e. The van der Waals surface area contributed by atoms with E-state index in [1.54, 1.807) is 49.6 Å². The smallest absolute Gasteiger partial charge is 0.282 e. The summed E-state index contributed by atoms with van der Waals surface area (Å²) in [6, 6.07) is 21.4. The van der Waals surface area contributed by atoms with Crippen molar-refractivity contribution in [2.24, 2.45) is 5.10 Å². The molecule has 0 aliphatic rings. The number of carbonyl (C=O) groups is 1. The summed E-state index contributed by atoms with van der Waals surface area (Å²) >= 11 is 6.29. The number of anilines is 1. The van der Waals surface area contributed by atoms with Gasteiger partial charge in [-0.2, -0.15) is 9.78 Å². The Balaban J connectivity index is 1.54. The maximum atomic E-state index is 13.8. The van der Waals surface area contributed by atoms with Crippen molar-refractivity contribution in [3.05, 3.63) is 117 Å². The quantitative estimate of drug-likeness (QED) is 0.178. The Morgan fingerprint density at radius 1 is 1.07 bits per heavy atom. The summed E-state index contributed by atoms with van der Waals surface area (Å²) in [4.78, 5) is 31.2. The lowest BCUT2D eigenvalue weighted by Crippen LogP contribution is -2.21. The molecule has 0 fully saturated rings. The molecule has 224 valence electrons. The van der Waals surface area contributed by atoms with Gasteiger partial charge in [-0.1, -0.05) is 43.6 Å². The fourth-order valence-electron chi connectivity index (χ4n) is 4.75. The minimum atomic E-state index is -0.485. The molecule has 0 unspecified atom stereocenters. The fraction of sp³-hybridized carbons (Fsp3) is 0.176. The normalized spacial score (nSPS) is 11.3. The molecule has 0 bridgehead atoms. The van der Waals surface area contributed by atoms with E-state index in [1.807, 2.05) is 25.1 Å². The van der Waals surface area contributed by atoms with E-state index in [4.69, 9.17) is 26.1 Å². The van der Waals surface area contributed by atoms with Crippen molar-refractivity contribution >= 4 is 40.3 Å². The first kappa shape index (κ1) is 30.4. The third kappa shape index (κ3) is 6.63. The van der Waals surface area contributed by atoms with Crippen LogP contribution in [0.2, 0.25) is 5.02 Å². The molecular formula is C34H30ClFN4O4. The first-order valence-corrected chi connectivity index (χ1v) is 14.2. The van der Waals surface area contributed by atoms with Gasteiger partial charge in [0.1, 0.15) is 17.3 Å². The number of aromatic nitrogens is 2. The van der Waals surface area contributed by atoms with Crippen molar-refractivity contribution in [1.29, 1.82) is 0 Å². The SMILES string of the molecule is COc1cc(C)c(-c2nc3ccccc3c(=O)n2N=Cc2cc(Cl)ccc2OCC(=O)Nc2cccc(F)c2)cc1C(C)C. The van der Waals surface area contributed by atoms with E-state index in [-0.39, 0.29) is 18.1 Å². The van der Waals surface area contributed by atoms with Crippen LogP contribution in [0.1, 0.15) is 36.5 Å². The summed E-state index contributed by atoms with van der Waals surface area (Å²) in [5, 5.41) is 7.97. The number of rotatable bonds is 9. The standard InChI is InChI=1S/C34H30ClFN4O4/c1-20(2)27-17-28(21(3)14-31(27)43-4)33-39-29-11-6-5-10-26(29)34(42)40(33)37-18-22-15-23(35)12-13-30(22)44-19-32(41)38-25-9-7-8-24(36)16-25/h5-18,20H,19H2,1-4H3,(H,38,41). The third-order valence-corrected chi connectivity index (χ3v) is 7.18. The second kappa shape index (κ2) is 13.1. The molecule has 1 heterocycles. The van der Waals surface area contributed by atoms with Crippen molar-refractivity contribution in [1.82, 2.24) is 9.66 Å². The van der Waals surface area contributed by atoms with E-state index in [9.17, 15) is 14.0 Å². The van der Waals surface area contributed by atoms with Crippen LogP contribution in [0.15, 0.2) is 88.8 Å². The van der Waals surface area contributed by atoms with E-state index in [0.29, 0.717) is 38.8 Å². The summed E-state index contributed by atoms with van der Waals surface area (Å²) in [6.07, 6.45) is 1.44. The Kier molecular flexibility index (Phi) is 9.06. The number of aryl methyl sites for hydroxylation is 1. The molecule has 0 atom stereocenters. The van der Waals surface area contributed by atoms with E-state index in [2.05, 4.69) is 24.3 Å². The van der Waals surface area contributed by atoms with E-state index < -0.39 is 11.7 Å². The van der Waals surface area contributed by atoms with E-state index >= 15 is 0 Å². The first-order chi connectivity index (χ1) is 21.1. The predicted molar refractivity (Wildman–Crippen MR) is 172 cm³/mol. The van der Waals surface area contributed by atoms with Crippen molar-refractivity contribution in [2.45, 2.75) is 26.7 Å². The number of carbonyl (C=O) groups excluding carboxylic acids is 1. The third-order valence-electron chi connectivity index (χ3n) is 6.94. The Bertz CT molecular complexity index is 1950. The molecule has 0 aliphatic carbocycles. The maximum Gasteiger partial charge on any atom is 0.282 e. The summed E-state index contributed by atoms with van der Waals surface area (Å²) in [7, 11) is 1.63. The number of nitrogens with one attached hydrogen (secondary N) is 1. The van der Waals surface area contributed by atoms with Gasteiger partial charge in [-0.15, -0.1) is 0 Å². The summed E-state index contributed by atoms with van der Waals surface area (Å²) in [5.74, 6) is 0.605. The Labute approximate surface area is 258 Å². The molecular weight excluding hydrogens is 583 g/mol. The highest BCUT2D eigenvalue weighted by molar-refractivity contribution is 6.30. The highest BCUT2D eigenvalue weighted by atomic mass is 35.5. The topological polar surface area (TPSA) is 94.8 Å². The van der Waals surface area contributed by atoms with Gasteiger partial charge in [0, 0.05) is 21.8 Å². The zero-order chi connectivity index (χ0) is 31.4. The molecule has 1 amide bonds. The number of nitrogens with zero attached hydrogens (tertiary/aromatic N) is 3. The van der Waals surface area contributed by atoms with Gasteiger partial charge in [0.15, 0.2) is 12.4 Å². The number of halogens is 2. The van der Waals surface area contributed by atoms with Crippen LogP contribution in [0, 0.1) is 12.7 Å². The fourth-order valence-corrected chi connectivity index (χ4v) is 4.93. The van der Waals surface area contributed by atoms with Crippen molar-refractivity contribution in [3.63, 3.8) is 0 Å². The lowest BCUT2D eigenvalue weighted by molar-refractivity contribution is -0.118. The summed E-state index contributed by atoms with van der Waals surface area (Å²) < 4.78 is 26.1. The van der Waals surface area contributed by atoms with Crippen LogP contribution in [-0.2, 0) is 4.79 Å². The lowest BCUT2D eigenvalue weighted by atomic mass is 9.96. The highest BCUT2D eigenvalue weighted by Crippen LogP contribution is 2.34. The Hall–Kier alpha value is -5.02. The predicted octanol–water partition coefficient (Wildman–Crippen LogP) is 7.20. The molecule has 0 aliphatic heterocycles. The molecule has 0 radical (unpaired) electrons. The van der Waals surface area contributed by atoms with Gasteiger partial charge in [0.05, 0.1) is 24.2 Å². The molecule has 4 aromatic carbocycles. The number of methoxy groups -OCH3 is 1. The van der Waals surface area contributed by atoms with Crippen LogP contribution >= 0.6 is 11.6 Å². The van der Waals surface area contributed by atoms with Gasteiger partial charge in [0.2, 0.25) is 0 Å². The van der Waals surface area contributed by atoms with Crippen LogP contribution in [-0.4, -0.2) is 35.5 Å². The van der Waals surface area contributed by atoms with Gasteiger partial charge >= 0.3 is 0 Å². The molecule has 0 spiro atoms. The van der Waals surface area contributed by atoms with Crippen LogP contribution < -0.4 is 20.3 Å². The highest BCUT2D eigenvalue weighted by Gasteiger charge is 2.18. The number of ether oxygens (including phenoxy) is 2. The van der Waals surface area contributed by atoms with Crippen LogP contribution in [0.5, 0.6) is 11.5 Å². The van der Waals surface area contributed by atoms with Gasteiger partial charge in [-0.05, 0) is 84.6 Å². The molecule has 10 heteroatoms. The second-order valence-electron chi connectivity index (χ2n) is 10.4. The van der Waals surface area contributed by atoms with E-state index in [0.717, 1.165) is 22.4 Å². The van der Waals surface area contributed by atoms with Gasteiger partial charge in [0.25, 0.3) is 11.5 Å². The molecule has 1 aromatic heterocycles. The largest absolute Gasteiger partial charge is 0.496 e. The van der Waals surface area contributed by atoms with Gasteiger partial charge < -0.3 is 14.8 Å². The Morgan fingerprint density at radius 3 is 2.61 bits per heavy atom. The molecule has 1 N–H and O–H groups in total. The molecule has 5 aromatic rings. The minimum absolute atomic E-state index is 0.151. The zero-order valence-corrected chi connectivity index (χ0v) is 25.4. The monoisotopic (exact) mass is 612 g/mol. The molecule has 0 saturated heterocycles.